The summed E-state index contributed by atoms with van der Waals surface area (Å²) in [6.07, 6.45) is 0. The monoisotopic (exact) mass is 344 g/mol. The molecule has 0 unspecified atom stereocenters. The summed E-state index contributed by atoms with van der Waals surface area (Å²) in [4.78, 5) is 10.5. The standard InChI is InChI=1S/C16H13BrN2S/c1-10-5-3-8-14(18-10)16-19-15(11(2)20-16)12-6-4-7-13(17)9-12/h3-9H,1-2H3. The van der Waals surface area contributed by atoms with Crippen LogP contribution in [0.15, 0.2) is 46.9 Å². The number of halogens is 1. The van der Waals surface area contributed by atoms with Gasteiger partial charge >= 0.3 is 0 Å². The van der Waals surface area contributed by atoms with Gasteiger partial charge in [-0.05, 0) is 38.1 Å². The van der Waals surface area contributed by atoms with E-state index >= 15 is 0 Å². The van der Waals surface area contributed by atoms with Crippen molar-refractivity contribution in [2.45, 2.75) is 13.8 Å². The smallest absolute Gasteiger partial charge is 0.142 e. The number of benzene rings is 1. The maximum absolute atomic E-state index is 4.77. The zero-order valence-corrected chi connectivity index (χ0v) is 13.6. The predicted molar refractivity (Wildman–Crippen MR) is 88.0 cm³/mol. The highest BCUT2D eigenvalue weighted by Crippen LogP contribution is 2.33. The summed E-state index contributed by atoms with van der Waals surface area (Å²) < 4.78 is 1.07. The minimum absolute atomic E-state index is 0.944. The van der Waals surface area contributed by atoms with Gasteiger partial charge in [0.15, 0.2) is 0 Å². The average molecular weight is 345 g/mol. The molecular formula is C16H13BrN2S. The number of hydrogen-bond donors (Lipinski definition) is 0. The second kappa shape index (κ2) is 5.46. The molecule has 0 saturated carbocycles. The molecule has 4 heteroatoms. The lowest BCUT2D eigenvalue weighted by molar-refractivity contribution is 1.19. The van der Waals surface area contributed by atoms with Gasteiger partial charge in [0.1, 0.15) is 5.01 Å². The second-order valence-corrected chi connectivity index (χ2v) is 6.72. The summed E-state index contributed by atoms with van der Waals surface area (Å²) in [6, 6.07) is 14.3. The van der Waals surface area contributed by atoms with E-state index in [9.17, 15) is 0 Å². The highest BCUT2D eigenvalue weighted by Gasteiger charge is 2.12. The molecule has 0 spiro atoms. The summed E-state index contributed by atoms with van der Waals surface area (Å²) in [7, 11) is 0. The van der Waals surface area contributed by atoms with Crippen LogP contribution in [0.25, 0.3) is 22.0 Å². The molecule has 20 heavy (non-hydrogen) atoms. The fourth-order valence-electron chi connectivity index (χ4n) is 2.07. The van der Waals surface area contributed by atoms with Crippen molar-refractivity contribution in [3.8, 4) is 22.0 Å². The molecule has 1 aromatic carbocycles. The van der Waals surface area contributed by atoms with Gasteiger partial charge in [0.2, 0.25) is 0 Å². The van der Waals surface area contributed by atoms with Crippen LogP contribution in [0.4, 0.5) is 0 Å². The summed E-state index contributed by atoms with van der Waals surface area (Å²) in [5.41, 5.74) is 4.13. The highest BCUT2D eigenvalue weighted by atomic mass is 79.9. The highest BCUT2D eigenvalue weighted by molar-refractivity contribution is 9.10. The third kappa shape index (κ3) is 2.67. The Balaban J connectivity index is 2.08. The van der Waals surface area contributed by atoms with Crippen LogP contribution in [0, 0.1) is 13.8 Å². The summed E-state index contributed by atoms with van der Waals surface area (Å²) >= 11 is 5.20. The van der Waals surface area contributed by atoms with E-state index in [2.05, 4.69) is 40.0 Å². The van der Waals surface area contributed by atoms with E-state index in [1.54, 1.807) is 11.3 Å². The van der Waals surface area contributed by atoms with E-state index in [1.807, 2.05) is 37.3 Å². The molecule has 0 aliphatic rings. The van der Waals surface area contributed by atoms with Crippen molar-refractivity contribution in [2.75, 3.05) is 0 Å². The summed E-state index contributed by atoms with van der Waals surface area (Å²) in [5, 5.41) is 0.973. The molecular weight excluding hydrogens is 332 g/mol. The Morgan fingerprint density at radius 2 is 1.80 bits per heavy atom. The fraction of sp³-hybridized carbons (Fsp3) is 0.125. The molecule has 0 fully saturated rings. The molecule has 2 heterocycles. The Morgan fingerprint density at radius 3 is 2.55 bits per heavy atom. The Kier molecular flexibility index (Phi) is 3.68. The van der Waals surface area contributed by atoms with Crippen molar-refractivity contribution in [2.24, 2.45) is 0 Å². The first-order valence-corrected chi connectivity index (χ1v) is 7.92. The van der Waals surface area contributed by atoms with Gasteiger partial charge in [0.05, 0.1) is 11.4 Å². The molecule has 2 nitrogen and oxygen atoms in total. The lowest BCUT2D eigenvalue weighted by atomic mass is 10.1. The molecule has 2 aromatic heterocycles. The summed E-state index contributed by atoms with van der Waals surface area (Å²) in [6.45, 7) is 4.10. The third-order valence-electron chi connectivity index (χ3n) is 3.00. The first kappa shape index (κ1) is 13.5. The molecule has 0 amide bonds. The lowest BCUT2D eigenvalue weighted by Gasteiger charge is -1.99. The maximum Gasteiger partial charge on any atom is 0.142 e. The SMILES string of the molecule is Cc1cccc(-c2nc(-c3cccc(Br)c3)c(C)s2)n1. The molecule has 0 radical (unpaired) electrons. The number of aryl methyl sites for hydroxylation is 2. The minimum atomic E-state index is 0.944. The third-order valence-corrected chi connectivity index (χ3v) is 4.49. The first-order valence-electron chi connectivity index (χ1n) is 6.31. The number of thiazole rings is 1. The van der Waals surface area contributed by atoms with Crippen molar-refractivity contribution in [1.82, 2.24) is 9.97 Å². The van der Waals surface area contributed by atoms with Crippen molar-refractivity contribution in [1.29, 1.82) is 0 Å². The number of hydrogen-bond acceptors (Lipinski definition) is 3. The van der Waals surface area contributed by atoms with E-state index < -0.39 is 0 Å². The van der Waals surface area contributed by atoms with Gasteiger partial charge in [-0.15, -0.1) is 11.3 Å². The lowest BCUT2D eigenvalue weighted by Crippen LogP contribution is -1.86. The predicted octanol–water partition coefficient (Wildman–Crippen LogP) is 5.25. The van der Waals surface area contributed by atoms with Crippen LogP contribution in [0.5, 0.6) is 0 Å². The van der Waals surface area contributed by atoms with Gasteiger partial charge in [-0.3, -0.25) is 4.98 Å². The first-order chi connectivity index (χ1) is 9.63. The quantitative estimate of drug-likeness (QED) is 0.634. The summed E-state index contributed by atoms with van der Waals surface area (Å²) in [5.74, 6) is 0. The Labute approximate surface area is 130 Å². The van der Waals surface area contributed by atoms with Crippen LogP contribution in [0.1, 0.15) is 10.6 Å². The normalized spacial score (nSPS) is 10.8. The zero-order chi connectivity index (χ0) is 14.1. The topological polar surface area (TPSA) is 25.8 Å². The molecule has 0 aliphatic heterocycles. The molecule has 0 atom stereocenters. The van der Waals surface area contributed by atoms with E-state index in [1.165, 1.54) is 4.88 Å². The number of aromatic nitrogens is 2. The van der Waals surface area contributed by atoms with Gasteiger partial charge in [0.25, 0.3) is 0 Å². The molecule has 0 bridgehead atoms. The van der Waals surface area contributed by atoms with Gasteiger partial charge < -0.3 is 0 Å². The van der Waals surface area contributed by atoms with Gasteiger partial charge in [-0.2, -0.15) is 0 Å². The van der Waals surface area contributed by atoms with Crippen molar-refractivity contribution >= 4 is 27.3 Å². The Hall–Kier alpha value is -1.52. The fourth-order valence-corrected chi connectivity index (χ4v) is 3.38. The van der Waals surface area contributed by atoms with Gasteiger partial charge in [-0.25, -0.2) is 4.98 Å². The van der Waals surface area contributed by atoms with Gasteiger partial charge in [-0.1, -0.05) is 34.1 Å². The van der Waals surface area contributed by atoms with Crippen molar-refractivity contribution in [3.05, 3.63) is 57.5 Å². The van der Waals surface area contributed by atoms with Crippen LogP contribution in [0.3, 0.4) is 0 Å². The van der Waals surface area contributed by atoms with Crippen LogP contribution in [-0.4, -0.2) is 9.97 Å². The molecule has 100 valence electrons. The Bertz CT molecular complexity index is 765. The van der Waals surface area contributed by atoms with E-state index in [0.717, 1.165) is 32.1 Å². The maximum atomic E-state index is 4.77. The minimum Gasteiger partial charge on any atom is -0.251 e. The molecule has 0 saturated heterocycles. The zero-order valence-electron chi connectivity index (χ0n) is 11.2. The molecule has 0 aliphatic carbocycles. The van der Waals surface area contributed by atoms with Crippen LogP contribution >= 0.6 is 27.3 Å². The largest absolute Gasteiger partial charge is 0.251 e. The van der Waals surface area contributed by atoms with Crippen LogP contribution in [-0.2, 0) is 0 Å². The number of pyridine rings is 1. The van der Waals surface area contributed by atoms with E-state index in [-0.39, 0.29) is 0 Å². The number of nitrogens with zero attached hydrogens (tertiary/aromatic N) is 2. The molecule has 0 N–H and O–H groups in total. The van der Waals surface area contributed by atoms with Crippen molar-refractivity contribution in [3.63, 3.8) is 0 Å². The molecule has 3 rings (SSSR count). The van der Waals surface area contributed by atoms with Crippen LogP contribution < -0.4 is 0 Å². The number of rotatable bonds is 2. The van der Waals surface area contributed by atoms with E-state index in [4.69, 9.17) is 4.98 Å². The molecule has 3 aromatic rings. The average Bonchev–Trinajstić information content (AvgIpc) is 2.81. The van der Waals surface area contributed by atoms with Gasteiger partial charge in [0, 0.05) is 20.6 Å². The second-order valence-electron chi connectivity index (χ2n) is 4.60. The van der Waals surface area contributed by atoms with E-state index in [0.29, 0.717) is 0 Å². The Morgan fingerprint density at radius 1 is 1.00 bits per heavy atom. The van der Waals surface area contributed by atoms with Crippen molar-refractivity contribution < 1.29 is 0 Å². The van der Waals surface area contributed by atoms with Crippen LogP contribution in [0.2, 0.25) is 0 Å².